The molecule has 0 unspecified atom stereocenters. The monoisotopic (exact) mass is 441 g/mol. The molecular weight excluding hydrogens is 426 g/mol. The number of H-pyrrole nitrogens is 1. The molecular formula is C19H16ClN7O2S. The highest BCUT2D eigenvalue weighted by Crippen LogP contribution is 2.25. The molecule has 2 N–H and O–H groups in total. The summed E-state index contributed by atoms with van der Waals surface area (Å²) in [5, 5.41) is 14.9. The first-order valence-corrected chi connectivity index (χ1v) is 10.1. The predicted octanol–water partition coefficient (Wildman–Crippen LogP) is 3.45. The molecule has 0 fully saturated rings. The van der Waals surface area contributed by atoms with Crippen LogP contribution in [0.25, 0.3) is 17.1 Å². The SMILES string of the molecule is COc1ccc(-c2nc(SCC(=O)Nc3cc(Cl)ccc3-n3cncn3)n[nH]2)cc1. The molecule has 0 aliphatic rings. The van der Waals surface area contributed by atoms with Crippen LogP contribution in [0.1, 0.15) is 0 Å². The van der Waals surface area contributed by atoms with Crippen LogP contribution >= 0.6 is 23.4 Å². The number of ether oxygens (including phenoxy) is 1. The van der Waals surface area contributed by atoms with Crippen LogP contribution in [-0.4, -0.2) is 48.7 Å². The summed E-state index contributed by atoms with van der Waals surface area (Å²) in [7, 11) is 1.61. The van der Waals surface area contributed by atoms with Gasteiger partial charge < -0.3 is 10.1 Å². The summed E-state index contributed by atoms with van der Waals surface area (Å²) in [5.41, 5.74) is 2.07. The van der Waals surface area contributed by atoms with Gasteiger partial charge in [0.25, 0.3) is 0 Å². The predicted molar refractivity (Wildman–Crippen MR) is 114 cm³/mol. The van der Waals surface area contributed by atoms with E-state index in [4.69, 9.17) is 16.3 Å². The van der Waals surface area contributed by atoms with Crippen molar-refractivity contribution in [3.63, 3.8) is 0 Å². The van der Waals surface area contributed by atoms with Gasteiger partial charge in [0.05, 0.1) is 24.2 Å². The first-order valence-electron chi connectivity index (χ1n) is 8.76. The quantitative estimate of drug-likeness (QED) is 0.422. The summed E-state index contributed by atoms with van der Waals surface area (Å²) in [6.45, 7) is 0. The second-order valence-electron chi connectivity index (χ2n) is 6.03. The van der Waals surface area contributed by atoms with Crippen molar-refractivity contribution < 1.29 is 9.53 Å². The number of aromatic nitrogens is 6. The highest BCUT2D eigenvalue weighted by molar-refractivity contribution is 7.99. The van der Waals surface area contributed by atoms with E-state index in [1.807, 2.05) is 24.3 Å². The number of anilines is 1. The summed E-state index contributed by atoms with van der Waals surface area (Å²) in [6.07, 6.45) is 2.96. The molecule has 0 aliphatic heterocycles. The van der Waals surface area contributed by atoms with E-state index in [0.29, 0.717) is 27.4 Å². The molecule has 0 saturated carbocycles. The molecule has 9 nitrogen and oxygen atoms in total. The number of carbonyl (C=O) groups is 1. The van der Waals surface area contributed by atoms with E-state index in [1.54, 1.807) is 36.3 Å². The number of hydrogen-bond acceptors (Lipinski definition) is 7. The molecule has 30 heavy (non-hydrogen) atoms. The Kier molecular flexibility index (Phi) is 5.96. The Morgan fingerprint density at radius 2 is 2.10 bits per heavy atom. The van der Waals surface area contributed by atoms with Crippen molar-refractivity contribution in [2.24, 2.45) is 0 Å². The van der Waals surface area contributed by atoms with Crippen molar-refractivity contribution in [3.8, 4) is 22.8 Å². The highest BCUT2D eigenvalue weighted by Gasteiger charge is 2.13. The fraction of sp³-hybridized carbons (Fsp3) is 0.105. The van der Waals surface area contributed by atoms with Gasteiger partial charge in [-0.05, 0) is 42.5 Å². The van der Waals surface area contributed by atoms with Gasteiger partial charge in [0.15, 0.2) is 5.82 Å². The lowest BCUT2D eigenvalue weighted by molar-refractivity contribution is -0.113. The lowest BCUT2D eigenvalue weighted by Gasteiger charge is -2.11. The zero-order chi connectivity index (χ0) is 20.9. The number of nitrogens with one attached hydrogen (secondary N) is 2. The second kappa shape index (κ2) is 8.97. The summed E-state index contributed by atoms with van der Waals surface area (Å²) >= 11 is 7.30. The maximum atomic E-state index is 12.5. The average molecular weight is 442 g/mol. The Hall–Kier alpha value is -3.37. The Balaban J connectivity index is 1.40. The van der Waals surface area contributed by atoms with Crippen molar-refractivity contribution >= 4 is 35.0 Å². The summed E-state index contributed by atoms with van der Waals surface area (Å²) in [4.78, 5) is 20.8. The molecule has 0 radical (unpaired) electrons. The largest absolute Gasteiger partial charge is 0.497 e. The van der Waals surface area contributed by atoms with E-state index in [2.05, 4.69) is 30.6 Å². The first kappa shape index (κ1) is 19.9. The lowest BCUT2D eigenvalue weighted by atomic mass is 10.2. The second-order valence-corrected chi connectivity index (χ2v) is 7.41. The zero-order valence-corrected chi connectivity index (χ0v) is 17.3. The highest BCUT2D eigenvalue weighted by atomic mass is 35.5. The van der Waals surface area contributed by atoms with Crippen LogP contribution < -0.4 is 10.1 Å². The van der Waals surface area contributed by atoms with Gasteiger partial charge in [0.2, 0.25) is 11.1 Å². The van der Waals surface area contributed by atoms with E-state index in [-0.39, 0.29) is 11.7 Å². The number of benzene rings is 2. The Morgan fingerprint density at radius 3 is 2.83 bits per heavy atom. The fourth-order valence-electron chi connectivity index (χ4n) is 2.65. The van der Waals surface area contributed by atoms with Crippen molar-refractivity contribution in [3.05, 3.63) is 60.1 Å². The summed E-state index contributed by atoms with van der Waals surface area (Å²) in [6, 6.07) is 12.6. The van der Waals surface area contributed by atoms with E-state index < -0.39 is 0 Å². The van der Waals surface area contributed by atoms with Crippen LogP contribution in [0.4, 0.5) is 5.69 Å². The molecule has 0 aliphatic carbocycles. The molecule has 2 aromatic carbocycles. The number of halogens is 1. The van der Waals surface area contributed by atoms with Crippen molar-refractivity contribution in [1.29, 1.82) is 0 Å². The molecule has 4 aromatic rings. The average Bonchev–Trinajstić information content (AvgIpc) is 3.45. The number of methoxy groups -OCH3 is 1. The number of nitrogens with zero attached hydrogens (tertiary/aromatic N) is 5. The van der Waals surface area contributed by atoms with Gasteiger partial charge in [0, 0.05) is 10.6 Å². The van der Waals surface area contributed by atoms with Gasteiger partial charge in [-0.3, -0.25) is 9.89 Å². The third-order valence-corrected chi connectivity index (χ3v) is 5.14. The minimum absolute atomic E-state index is 0.128. The van der Waals surface area contributed by atoms with Crippen LogP contribution in [0.3, 0.4) is 0 Å². The maximum absolute atomic E-state index is 12.5. The van der Waals surface area contributed by atoms with Crippen molar-refractivity contribution in [2.45, 2.75) is 5.16 Å². The van der Waals surface area contributed by atoms with E-state index in [9.17, 15) is 4.79 Å². The number of aromatic amines is 1. The van der Waals surface area contributed by atoms with Crippen molar-refractivity contribution in [2.75, 3.05) is 18.2 Å². The molecule has 2 heterocycles. The normalized spacial score (nSPS) is 10.7. The number of amides is 1. The minimum atomic E-state index is -0.223. The third kappa shape index (κ3) is 4.61. The van der Waals surface area contributed by atoms with E-state index in [0.717, 1.165) is 11.3 Å². The van der Waals surface area contributed by atoms with Gasteiger partial charge >= 0.3 is 0 Å². The van der Waals surface area contributed by atoms with Crippen LogP contribution in [-0.2, 0) is 4.79 Å². The van der Waals surface area contributed by atoms with Crippen LogP contribution in [0, 0.1) is 0 Å². The molecule has 2 aromatic heterocycles. The maximum Gasteiger partial charge on any atom is 0.234 e. The standard InChI is InChI=1S/C19H16ClN7O2S/c1-29-14-5-2-12(3-6-14)18-24-19(26-25-18)30-9-17(28)23-15-8-13(20)4-7-16(15)27-11-21-10-22-27/h2-8,10-11H,9H2,1H3,(H,23,28)(H,24,25,26). The Bertz CT molecular complexity index is 1150. The number of thioether (sulfide) groups is 1. The molecule has 1 amide bonds. The van der Waals surface area contributed by atoms with E-state index >= 15 is 0 Å². The smallest absolute Gasteiger partial charge is 0.234 e. The fourth-order valence-corrected chi connectivity index (χ4v) is 3.42. The topological polar surface area (TPSA) is 111 Å². The lowest BCUT2D eigenvalue weighted by Crippen LogP contribution is -2.16. The molecule has 0 bridgehead atoms. The first-order chi connectivity index (χ1) is 14.6. The summed E-state index contributed by atoms with van der Waals surface area (Å²) < 4.78 is 6.70. The molecule has 4 rings (SSSR count). The van der Waals surface area contributed by atoms with Crippen LogP contribution in [0.15, 0.2) is 60.3 Å². The number of hydrogen-bond donors (Lipinski definition) is 2. The Morgan fingerprint density at radius 1 is 1.27 bits per heavy atom. The molecule has 152 valence electrons. The van der Waals surface area contributed by atoms with E-state index in [1.165, 1.54) is 18.1 Å². The molecule has 0 saturated heterocycles. The van der Waals surface area contributed by atoms with Gasteiger partial charge in [0.1, 0.15) is 18.4 Å². The Labute approximate surface area is 180 Å². The van der Waals surface area contributed by atoms with Crippen LogP contribution in [0.2, 0.25) is 5.02 Å². The number of carbonyl (C=O) groups excluding carboxylic acids is 1. The van der Waals surface area contributed by atoms with Crippen LogP contribution in [0.5, 0.6) is 5.75 Å². The molecule has 0 atom stereocenters. The third-order valence-electron chi connectivity index (χ3n) is 4.06. The number of rotatable bonds is 7. The molecule has 0 spiro atoms. The van der Waals surface area contributed by atoms with Gasteiger partial charge in [-0.2, -0.15) is 5.10 Å². The van der Waals surface area contributed by atoms with Gasteiger partial charge in [-0.15, -0.1) is 5.10 Å². The van der Waals surface area contributed by atoms with Crippen molar-refractivity contribution in [1.82, 2.24) is 29.9 Å². The van der Waals surface area contributed by atoms with Gasteiger partial charge in [-0.1, -0.05) is 23.4 Å². The molecule has 11 heteroatoms. The zero-order valence-electron chi connectivity index (χ0n) is 15.7. The van der Waals surface area contributed by atoms with Gasteiger partial charge in [-0.25, -0.2) is 14.6 Å². The summed E-state index contributed by atoms with van der Waals surface area (Å²) in [5.74, 6) is 1.28. The minimum Gasteiger partial charge on any atom is -0.497 e.